The molecule has 1 fully saturated rings. The minimum Gasteiger partial charge on any atom is -0.457 e. The minimum absolute atomic E-state index is 0.0506. The molecule has 1 saturated heterocycles. The summed E-state index contributed by atoms with van der Waals surface area (Å²) in [5.74, 6) is 0.0332. The van der Waals surface area contributed by atoms with Crippen LogP contribution in [0, 0.1) is 5.92 Å². The van der Waals surface area contributed by atoms with E-state index in [-0.39, 0.29) is 17.6 Å². The number of hydrogen-bond acceptors (Lipinski definition) is 4. The van der Waals surface area contributed by atoms with Crippen LogP contribution in [-0.2, 0) is 25.6 Å². The second kappa shape index (κ2) is 6.82. The third kappa shape index (κ3) is 3.31. The van der Waals surface area contributed by atoms with Gasteiger partial charge < -0.3 is 9.32 Å². The Balaban J connectivity index is 1.64. The highest BCUT2D eigenvalue weighted by Crippen LogP contribution is 2.45. The highest BCUT2D eigenvalue weighted by Gasteiger charge is 2.43. The van der Waals surface area contributed by atoms with Crippen molar-refractivity contribution in [2.75, 3.05) is 19.6 Å². The molecule has 1 aliphatic heterocycles. The molecule has 3 heterocycles. The van der Waals surface area contributed by atoms with Gasteiger partial charge in [0.25, 0.3) is 0 Å². The molecule has 4 rings (SSSR count). The number of piperidine rings is 1. The summed E-state index contributed by atoms with van der Waals surface area (Å²) in [4.78, 5) is 13.5. The number of rotatable bonds is 4. The first kappa shape index (κ1) is 18.3. The standard InChI is InChI=1S/C19H22F3N3O2/c1-2-24-7-5-12(6-8-24)9-25-10-13-3-4-14-16(18(13)23-25)17(19(20,21)22)15(11-26)27-14/h10-12H,2-9H2,1H3. The number of fused-ring (bicyclic) bond motifs is 3. The zero-order valence-corrected chi connectivity index (χ0v) is 15.2. The van der Waals surface area contributed by atoms with Crippen LogP contribution >= 0.6 is 0 Å². The monoisotopic (exact) mass is 381 g/mol. The number of alkyl halides is 3. The Labute approximate surface area is 155 Å². The Morgan fingerprint density at radius 1 is 1.30 bits per heavy atom. The molecule has 2 aliphatic rings. The van der Waals surface area contributed by atoms with Gasteiger partial charge in [-0.2, -0.15) is 18.3 Å². The molecule has 2 aromatic rings. The highest BCUT2D eigenvalue weighted by atomic mass is 19.4. The smallest absolute Gasteiger partial charge is 0.420 e. The lowest BCUT2D eigenvalue weighted by Crippen LogP contribution is -2.34. The second-order valence-electron chi connectivity index (χ2n) is 7.36. The maximum Gasteiger partial charge on any atom is 0.420 e. The molecule has 5 nitrogen and oxygen atoms in total. The molecule has 0 bridgehead atoms. The van der Waals surface area contributed by atoms with Gasteiger partial charge in [-0.3, -0.25) is 9.48 Å². The molecule has 0 radical (unpaired) electrons. The van der Waals surface area contributed by atoms with Crippen molar-refractivity contribution in [3.8, 4) is 11.3 Å². The summed E-state index contributed by atoms with van der Waals surface area (Å²) in [5.41, 5.74) is 0.0593. The van der Waals surface area contributed by atoms with E-state index >= 15 is 0 Å². The lowest BCUT2D eigenvalue weighted by Gasteiger charge is -2.30. The molecular formula is C19H22F3N3O2. The molecule has 2 aromatic heterocycles. The number of aldehydes is 1. The van der Waals surface area contributed by atoms with E-state index in [0.717, 1.165) is 38.0 Å². The zero-order chi connectivity index (χ0) is 19.2. The number of likely N-dealkylation sites (tertiary alicyclic amines) is 1. The van der Waals surface area contributed by atoms with Gasteiger partial charge in [0.05, 0.1) is 11.3 Å². The third-order valence-corrected chi connectivity index (χ3v) is 5.69. The van der Waals surface area contributed by atoms with Crippen LogP contribution in [0.5, 0.6) is 0 Å². The van der Waals surface area contributed by atoms with Gasteiger partial charge in [-0.1, -0.05) is 6.92 Å². The van der Waals surface area contributed by atoms with Crippen molar-refractivity contribution in [1.29, 1.82) is 0 Å². The van der Waals surface area contributed by atoms with Crippen molar-refractivity contribution in [2.24, 2.45) is 5.92 Å². The average Bonchev–Trinajstić information content (AvgIpc) is 3.22. The van der Waals surface area contributed by atoms with E-state index in [0.29, 0.717) is 31.0 Å². The number of halogens is 3. The number of furan rings is 1. The summed E-state index contributed by atoms with van der Waals surface area (Å²) in [6.07, 6.45) is 0.395. The summed E-state index contributed by atoms with van der Waals surface area (Å²) >= 11 is 0. The fraction of sp³-hybridized carbons (Fsp3) is 0.579. The van der Waals surface area contributed by atoms with E-state index < -0.39 is 17.5 Å². The summed E-state index contributed by atoms with van der Waals surface area (Å²) in [7, 11) is 0. The van der Waals surface area contributed by atoms with Crippen LogP contribution in [0.25, 0.3) is 11.3 Å². The van der Waals surface area contributed by atoms with Gasteiger partial charge in [-0.05, 0) is 50.4 Å². The molecule has 0 atom stereocenters. The number of carbonyl (C=O) groups excluding carboxylic acids is 1. The van der Waals surface area contributed by atoms with E-state index in [2.05, 4.69) is 16.9 Å². The maximum absolute atomic E-state index is 13.5. The fourth-order valence-electron chi connectivity index (χ4n) is 4.24. The lowest BCUT2D eigenvalue weighted by atomic mass is 9.93. The normalized spacial score (nSPS) is 18.4. The van der Waals surface area contributed by atoms with Gasteiger partial charge in [-0.15, -0.1) is 0 Å². The second-order valence-corrected chi connectivity index (χ2v) is 7.36. The summed E-state index contributed by atoms with van der Waals surface area (Å²) in [5, 5.41) is 4.47. The van der Waals surface area contributed by atoms with Crippen molar-refractivity contribution in [2.45, 2.75) is 45.3 Å². The highest BCUT2D eigenvalue weighted by molar-refractivity contribution is 5.82. The van der Waals surface area contributed by atoms with Crippen molar-refractivity contribution < 1.29 is 22.4 Å². The molecular weight excluding hydrogens is 359 g/mol. The number of carbonyl (C=O) groups is 1. The predicted molar refractivity (Wildman–Crippen MR) is 92.6 cm³/mol. The quantitative estimate of drug-likeness (QED) is 0.756. The topological polar surface area (TPSA) is 51.3 Å². The maximum atomic E-state index is 13.5. The molecule has 0 N–H and O–H groups in total. The molecule has 0 unspecified atom stereocenters. The van der Waals surface area contributed by atoms with Crippen LogP contribution in [0.1, 0.15) is 47.2 Å². The van der Waals surface area contributed by atoms with E-state index in [1.54, 1.807) is 4.68 Å². The van der Waals surface area contributed by atoms with E-state index in [9.17, 15) is 18.0 Å². The largest absolute Gasteiger partial charge is 0.457 e. The van der Waals surface area contributed by atoms with Gasteiger partial charge in [0.15, 0.2) is 12.0 Å². The van der Waals surface area contributed by atoms with Gasteiger partial charge >= 0.3 is 6.18 Å². The summed E-state index contributed by atoms with van der Waals surface area (Å²) in [6, 6.07) is 0. The summed E-state index contributed by atoms with van der Waals surface area (Å²) < 4.78 is 47.6. The van der Waals surface area contributed by atoms with Gasteiger partial charge in [0.1, 0.15) is 11.3 Å². The molecule has 0 aromatic carbocycles. The van der Waals surface area contributed by atoms with Crippen molar-refractivity contribution in [3.63, 3.8) is 0 Å². The van der Waals surface area contributed by atoms with Crippen LogP contribution in [0.2, 0.25) is 0 Å². The van der Waals surface area contributed by atoms with Gasteiger partial charge in [-0.25, -0.2) is 0 Å². The Hall–Kier alpha value is -2.09. The first-order valence-electron chi connectivity index (χ1n) is 9.37. The molecule has 27 heavy (non-hydrogen) atoms. The number of nitrogens with zero attached hydrogens (tertiary/aromatic N) is 3. The van der Waals surface area contributed by atoms with E-state index in [1.165, 1.54) is 0 Å². The SMILES string of the molecule is CCN1CCC(Cn2cc3c(n2)-c2c(oc(C=O)c2C(F)(F)F)CC3)CC1. The first-order chi connectivity index (χ1) is 12.9. The predicted octanol–water partition coefficient (Wildman–Crippen LogP) is 3.80. The lowest BCUT2D eigenvalue weighted by molar-refractivity contribution is -0.137. The molecule has 1 aliphatic carbocycles. The summed E-state index contributed by atoms with van der Waals surface area (Å²) in [6.45, 7) is 6.01. The minimum atomic E-state index is -4.65. The molecule has 146 valence electrons. The fourth-order valence-corrected chi connectivity index (χ4v) is 4.24. The molecule has 0 saturated carbocycles. The van der Waals surface area contributed by atoms with Crippen LogP contribution in [0.3, 0.4) is 0 Å². The zero-order valence-electron chi connectivity index (χ0n) is 15.2. The van der Waals surface area contributed by atoms with E-state index in [4.69, 9.17) is 4.42 Å². The Morgan fingerprint density at radius 3 is 2.67 bits per heavy atom. The van der Waals surface area contributed by atoms with Crippen molar-refractivity contribution in [3.05, 3.63) is 28.8 Å². The third-order valence-electron chi connectivity index (χ3n) is 5.69. The van der Waals surface area contributed by atoms with Gasteiger partial charge in [0, 0.05) is 19.2 Å². The number of aromatic nitrogens is 2. The first-order valence-corrected chi connectivity index (χ1v) is 9.37. The Morgan fingerprint density at radius 2 is 2.04 bits per heavy atom. The van der Waals surface area contributed by atoms with Crippen molar-refractivity contribution in [1.82, 2.24) is 14.7 Å². The molecule has 8 heteroatoms. The average molecular weight is 381 g/mol. The Kier molecular flexibility index (Phi) is 4.61. The van der Waals surface area contributed by atoms with Crippen molar-refractivity contribution >= 4 is 6.29 Å². The Bertz CT molecular complexity index is 845. The number of hydrogen-bond donors (Lipinski definition) is 0. The van der Waals surface area contributed by atoms with Crippen LogP contribution < -0.4 is 0 Å². The van der Waals surface area contributed by atoms with Crippen LogP contribution in [0.4, 0.5) is 13.2 Å². The van der Waals surface area contributed by atoms with E-state index in [1.807, 2.05) is 6.20 Å². The van der Waals surface area contributed by atoms with Gasteiger partial charge in [0.2, 0.25) is 0 Å². The van der Waals surface area contributed by atoms with Crippen LogP contribution in [-0.4, -0.2) is 40.6 Å². The molecule has 0 amide bonds. The van der Waals surface area contributed by atoms with Crippen LogP contribution in [0.15, 0.2) is 10.6 Å². The number of aryl methyl sites for hydroxylation is 2. The molecule has 0 spiro atoms.